The van der Waals surface area contributed by atoms with Crippen LogP contribution in [-0.2, 0) is 0 Å². The lowest BCUT2D eigenvalue weighted by molar-refractivity contribution is 0.483. The lowest BCUT2D eigenvalue weighted by Crippen LogP contribution is -1.86. The molecule has 4 nitrogen and oxygen atoms in total. The minimum atomic E-state index is 0.559. The standard InChI is InChI=1S/C25H21N3OS/c26-16-7-8-17-30-25-23(19-10-3-1-4-11-19)27-24(28-25)20-12-9-15-22(18-20)29-21-13-5-2-6-14-21/h1-6,9-15,18H,7-8,17H2,(H,27,28). The van der Waals surface area contributed by atoms with E-state index in [0.717, 1.165) is 51.3 Å². The normalized spacial score (nSPS) is 10.5. The van der Waals surface area contributed by atoms with Gasteiger partial charge < -0.3 is 9.72 Å². The first kappa shape index (κ1) is 19.8. The Kier molecular flexibility index (Phi) is 6.48. The third kappa shape index (κ3) is 4.91. The lowest BCUT2D eigenvalue weighted by atomic mass is 10.2. The van der Waals surface area contributed by atoms with Gasteiger partial charge in [0.05, 0.1) is 11.8 Å². The molecule has 3 aromatic carbocycles. The first-order valence-corrected chi connectivity index (χ1v) is 10.8. The van der Waals surface area contributed by atoms with E-state index < -0.39 is 0 Å². The van der Waals surface area contributed by atoms with Gasteiger partial charge in [0.25, 0.3) is 0 Å². The molecule has 1 heterocycles. The van der Waals surface area contributed by atoms with Crippen LogP contribution in [0.5, 0.6) is 11.5 Å². The number of benzene rings is 3. The number of aromatic amines is 1. The van der Waals surface area contributed by atoms with E-state index in [1.165, 1.54) is 0 Å². The van der Waals surface area contributed by atoms with Gasteiger partial charge >= 0.3 is 0 Å². The van der Waals surface area contributed by atoms with Crippen LogP contribution in [0.2, 0.25) is 0 Å². The van der Waals surface area contributed by atoms with Gasteiger partial charge in [-0.05, 0) is 30.7 Å². The van der Waals surface area contributed by atoms with Gasteiger partial charge in [-0.3, -0.25) is 0 Å². The van der Waals surface area contributed by atoms with Crippen molar-refractivity contribution in [2.24, 2.45) is 0 Å². The molecular weight excluding hydrogens is 390 g/mol. The third-order valence-corrected chi connectivity index (χ3v) is 5.55. The number of H-pyrrole nitrogens is 1. The van der Waals surface area contributed by atoms with Gasteiger partial charge in [-0.1, -0.05) is 60.7 Å². The van der Waals surface area contributed by atoms with Crippen molar-refractivity contribution in [2.45, 2.75) is 17.9 Å². The van der Waals surface area contributed by atoms with Crippen molar-refractivity contribution >= 4 is 11.8 Å². The molecule has 0 radical (unpaired) electrons. The molecule has 0 saturated heterocycles. The fourth-order valence-electron chi connectivity index (χ4n) is 3.05. The summed E-state index contributed by atoms with van der Waals surface area (Å²) >= 11 is 1.68. The number of imidazole rings is 1. The van der Waals surface area contributed by atoms with Gasteiger partial charge in [0, 0.05) is 23.3 Å². The van der Waals surface area contributed by atoms with Crippen LogP contribution in [-0.4, -0.2) is 15.7 Å². The zero-order valence-electron chi connectivity index (χ0n) is 16.4. The Morgan fingerprint density at radius 2 is 1.57 bits per heavy atom. The van der Waals surface area contributed by atoms with Crippen molar-refractivity contribution in [3.63, 3.8) is 0 Å². The van der Waals surface area contributed by atoms with Crippen molar-refractivity contribution < 1.29 is 4.74 Å². The fraction of sp³-hybridized carbons (Fsp3) is 0.120. The second-order valence-corrected chi connectivity index (χ2v) is 7.77. The highest BCUT2D eigenvalue weighted by Gasteiger charge is 2.14. The Balaban J connectivity index is 1.63. The molecule has 0 aliphatic rings. The molecular formula is C25H21N3OS. The van der Waals surface area contributed by atoms with Crippen molar-refractivity contribution in [1.82, 2.24) is 9.97 Å². The molecule has 4 rings (SSSR count). The Morgan fingerprint density at radius 3 is 2.33 bits per heavy atom. The Labute approximate surface area is 180 Å². The molecule has 0 aliphatic carbocycles. The molecule has 0 atom stereocenters. The molecule has 0 unspecified atom stereocenters. The van der Waals surface area contributed by atoms with Crippen molar-refractivity contribution in [3.8, 4) is 40.2 Å². The summed E-state index contributed by atoms with van der Waals surface area (Å²) < 4.78 is 5.98. The van der Waals surface area contributed by atoms with E-state index in [2.05, 4.69) is 23.2 Å². The number of nitrogens with zero attached hydrogens (tertiary/aromatic N) is 2. The lowest BCUT2D eigenvalue weighted by Gasteiger charge is -2.06. The fourth-order valence-corrected chi connectivity index (χ4v) is 4.00. The van der Waals surface area contributed by atoms with Gasteiger partial charge in [0.2, 0.25) is 0 Å². The maximum absolute atomic E-state index is 8.79. The smallest absolute Gasteiger partial charge is 0.139 e. The SMILES string of the molecule is N#CCCCSc1nc(-c2cccc(Oc3ccccc3)c2)[nH]c1-c1ccccc1. The largest absolute Gasteiger partial charge is 0.457 e. The third-order valence-electron chi connectivity index (χ3n) is 4.49. The number of hydrogen-bond acceptors (Lipinski definition) is 4. The number of thioether (sulfide) groups is 1. The van der Waals surface area contributed by atoms with Gasteiger partial charge in [0.15, 0.2) is 0 Å². The number of ether oxygens (including phenoxy) is 1. The van der Waals surface area contributed by atoms with Crippen LogP contribution in [0.25, 0.3) is 22.6 Å². The quantitative estimate of drug-likeness (QED) is 0.252. The van der Waals surface area contributed by atoms with Gasteiger partial charge in [-0.15, -0.1) is 11.8 Å². The summed E-state index contributed by atoms with van der Waals surface area (Å²) in [6.07, 6.45) is 1.40. The molecule has 30 heavy (non-hydrogen) atoms. The summed E-state index contributed by atoms with van der Waals surface area (Å²) in [7, 11) is 0. The zero-order valence-corrected chi connectivity index (χ0v) is 17.2. The number of para-hydroxylation sites is 1. The van der Waals surface area contributed by atoms with Crippen LogP contribution >= 0.6 is 11.8 Å². The first-order valence-electron chi connectivity index (χ1n) is 9.82. The molecule has 0 fully saturated rings. The number of nitrogens with one attached hydrogen (secondary N) is 1. The van der Waals surface area contributed by atoms with E-state index in [-0.39, 0.29) is 0 Å². The first-order chi connectivity index (χ1) is 14.8. The van der Waals surface area contributed by atoms with Gasteiger partial charge in [-0.2, -0.15) is 5.26 Å². The van der Waals surface area contributed by atoms with E-state index >= 15 is 0 Å². The molecule has 4 aromatic rings. The molecule has 5 heteroatoms. The minimum absolute atomic E-state index is 0.559. The summed E-state index contributed by atoms with van der Waals surface area (Å²) in [5.41, 5.74) is 3.06. The van der Waals surface area contributed by atoms with E-state index in [1.807, 2.05) is 72.8 Å². The van der Waals surface area contributed by atoms with E-state index in [9.17, 15) is 0 Å². The maximum atomic E-state index is 8.79. The van der Waals surface area contributed by atoms with Crippen molar-refractivity contribution in [3.05, 3.63) is 84.9 Å². The predicted molar refractivity (Wildman–Crippen MR) is 122 cm³/mol. The summed E-state index contributed by atoms with van der Waals surface area (Å²) in [5, 5.41) is 9.74. The average molecular weight is 412 g/mol. The number of rotatable bonds is 8. The predicted octanol–water partition coefficient (Wildman–Crippen LogP) is 6.93. The van der Waals surface area contributed by atoms with Crippen LogP contribution < -0.4 is 4.74 Å². The number of nitriles is 1. The number of hydrogen-bond donors (Lipinski definition) is 1. The number of unbranched alkanes of at least 4 members (excludes halogenated alkanes) is 1. The minimum Gasteiger partial charge on any atom is -0.457 e. The van der Waals surface area contributed by atoms with Crippen LogP contribution in [0, 0.1) is 11.3 Å². The zero-order chi connectivity index (χ0) is 20.6. The monoisotopic (exact) mass is 411 g/mol. The maximum Gasteiger partial charge on any atom is 0.139 e. The van der Waals surface area contributed by atoms with Crippen LogP contribution in [0.3, 0.4) is 0 Å². The van der Waals surface area contributed by atoms with Crippen LogP contribution in [0.1, 0.15) is 12.8 Å². The molecule has 1 N–H and O–H groups in total. The highest BCUT2D eigenvalue weighted by atomic mass is 32.2. The van der Waals surface area contributed by atoms with E-state index in [4.69, 9.17) is 15.0 Å². The summed E-state index contributed by atoms with van der Waals surface area (Å²) in [4.78, 5) is 8.37. The summed E-state index contributed by atoms with van der Waals surface area (Å²) in [6.45, 7) is 0. The summed E-state index contributed by atoms with van der Waals surface area (Å²) in [5.74, 6) is 3.22. The molecule has 0 bridgehead atoms. The summed E-state index contributed by atoms with van der Waals surface area (Å²) in [6, 6.07) is 30.1. The Morgan fingerprint density at radius 1 is 0.867 bits per heavy atom. The molecule has 1 aromatic heterocycles. The highest BCUT2D eigenvalue weighted by Crippen LogP contribution is 2.34. The molecule has 0 spiro atoms. The second kappa shape index (κ2) is 9.82. The van der Waals surface area contributed by atoms with E-state index in [1.54, 1.807) is 11.8 Å². The van der Waals surface area contributed by atoms with Gasteiger partial charge in [0.1, 0.15) is 22.3 Å². The van der Waals surface area contributed by atoms with Gasteiger partial charge in [-0.25, -0.2) is 4.98 Å². The van der Waals surface area contributed by atoms with Crippen LogP contribution in [0.4, 0.5) is 0 Å². The average Bonchev–Trinajstić information content (AvgIpc) is 3.23. The number of aromatic nitrogens is 2. The molecule has 0 aliphatic heterocycles. The van der Waals surface area contributed by atoms with E-state index in [0.29, 0.717) is 6.42 Å². The second-order valence-electron chi connectivity index (χ2n) is 6.68. The Hall–Kier alpha value is -3.49. The molecule has 0 amide bonds. The Bertz CT molecular complexity index is 1130. The van der Waals surface area contributed by atoms with Crippen molar-refractivity contribution in [2.75, 3.05) is 5.75 Å². The highest BCUT2D eigenvalue weighted by molar-refractivity contribution is 7.99. The molecule has 148 valence electrons. The van der Waals surface area contributed by atoms with Crippen molar-refractivity contribution in [1.29, 1.82) is 5.26 Å². The topological polar surface area (TPSA) is 61.7 Å². The van der Waals surface area contributed by atoms with Crippen LogP contribution in [0.15, 0.2) is 90.0 Å². The molecule has 0 saturated carbocycles.